The number of allylic oxidation sites excluding steroid dienone is 2. The summed E-state index contributed by atoms with van der Waals surface area (Å²) in [7, 11) is 0.437. The molecule has 0 saturated carbocycles. The van der Waals surface area contributed by atoms with Gasteiger partial charge in [0, 0.05) is 25.3 Å². The summed E-state index contributed by atoms with van der Waals surface area (Å²) in [6, 6.07) is 10.3. The van der Waals surface area contributed by atoms with Crippen LogP contribution in [0.1, 0.15) is 47.1 Å². The molecule has 1 aromatic carbocycles. The lowest BCUT2D eigenvalue weighted by atomic mass is 10.1. The third-order valence-corrected chi connectivity index (χ3v) is 13.1. The number of rotatable bonds is 4. The topological polar surface area (TPSA) is 27.0 Å². The van der Waals surface area contributed by atoms with Gasteiger partial charge in [-0.2, -0.15) is 5.26 Å². The molecule has 0 fully saturated rings. The summed E-state index contributed by atoms with van der Waals surface area (Å²) in [5.74, 6) is 12.9. The van der Waals surface area contributed by atoms with Crippen molar-refractivity contribution in [2.75, 3.05) is 19.0 Å². The number of hydrogen-bond donors (Lipinski definition) is 0. The second-order valence-corrected chi connectivity index (χ2v) is 21.0. The maximum absolute atomic E-state index is 9.95. The summed E-state index contributed by atoms with van der Waals surface area (Å²) in [5.41, 5.74) is 11.6. The minimum atomic E-state index is -1.94. The van der Waals surface area contributed by atoms with Gasteiger partial charge in [0.15, 0.2) is 0 Å². The number of hydrogen-bond acceptors (Lipinski definition) is 2. The highest BCUT2D eigenvalue weighted by atomic mass is 28.3. The normalized spacial score (nSPS) is 12.0. The van der Waals surface area contributed by atoms with Crippen LogP contribution < -0.4 is 4.90 Å². The molecule has 33 heavy (non-hydrogen) atoms. The second kappa shape index (κ2) is 12.0. The zero-order chi connectivity index (χ0) is 25.4. The van der Waals surface area contributed by atoms with Crippen molar-refractivity contribution >= 4 is 21.8 Å². The van der Waals surface area contributed by atoms with Gasteiger partial charge in [-0.15, -0.1) is 11.1 Å². The zero-order valence-electron chi connectivity index (χ0n) is 22.4. The van der Waals surface area contributed by atoms with Crippen LogP contribution in [0.25, 0.3) is 0 Å². The quantitative estimate of drug-likeness (QED) is 0.267. The van der Waals surface area contributed by atoms with E-state index in [-0.39, 0.29) is 0 Å². The van der Waals surface area contributed by atoms with Crippen LogP contribution in [0.4, 0.5) is 5.69 Å². The molecular formula is C29H40N2Si2. The highest BCUT2D eigenvalue weighted by molar-refractivity contribution is 6.90. The van der Waals surface area contributed by atoms with Crippen molar-refractivity contribution in [2.45, 2.75) is 77.8 Å². The minimum absolute atomic E-state index is 0.365. The zero-order valence-corrected chi connectivity index (χ0v) is 24.4. The van der Waals surface area contributed by atoms with Gasteiger partial charge in [-0.05, 0) is 46.8 Å². The lowest BCUT2D eigenvalue weighted by Crippen LogP contribution is -2.43. The van der Waals surface area contributed by atoms with E-state index in [1.807, 2.05) is 43.3 Å². The van der Waals surface area contributed by atoms with Crippen LogP contribution >= 0.6 is 0 Å². The van der Waals surface area contributed by atoms with Crippen molar-refractivity contribution in [3.8, 4) is 40.8 Å². The van der Waals surface area contributed by atoms with E-state index in [1.165, 1.54) is 0 Å². The Bertz CT molecular complexity index is 1050. The van der Waals surface area contributed by atoms with Gasteiger partial charge < -0.3 is 4.90 Å². The fourth-order valence-electron chi connectivity index (χ4n) is 4.13. The fourth-order valence-corrected chi connectivity index (χ4v) is 9.84. The molecule has 0 aliphatic heterocycles. The molecule has 0 heterocycles. The van der Waals surface area contributed by atoms with Gasteiger partial charge in [-0.1, -0.05) is 78.9 Å². The van der Waals surface area contributed by atoms with E-state index in [1.54, 1.807) is 0 Å². The van der Waals surface area contributed by atoms with Crippen LogP contribution in [0.5, 0.6) is 0 Å². The van der Waals surface area contributed by atoms with Crippen LogP contribution in [0.15, 0.2) is 35.4 Å². The molecule has 0 aliphatic rings. The summed E-state index contributed by atoms with van der Waals surface area (Å²) < 4.78 is 0. The van der Waals surface area contributed by atoms with Gasteiger partial charge in [-0.25, -0.2) is 0 Å². The van der Waals surface area contributed by atoms with Crippen molar-refractivity contribution in [1.29, 1.82) is 5.26 Å². The van der Waals surface area contributed by atoms with Crippen molar-refractivity contribution in [3.63, 3.8) is 0 Å². The molecule has 2 nitrogen and oxygen atoms in total. The van der Waals surface area contributed by atoms with Gasteiger partial charge in [0.25, 0.3) is 0 Å². The summed E-state index contributed by atoms with van der Waals surface area (Å²) in [5, 5.41) is 9.95. The first-order chi connectivity index (χ1) is 15.2. The number of nitriles is 1. The Balaban J connectivity index is 3.69. The maximum Gasteiger partial charge on any atom is 0.146 e. The first-order valence-electron chi connectivity index (χ1n) is 11.7. The largest absolute Gasteiger partial charge is 0.378 e. The third kappa shape index (κ3) is 8.02. The van der Waals surface area contributed by atoms with Crippen LogP contribution in [-0.2, 0) is 0 Å². The van der Waals surface area contributed by atoms with Gasteiger partial charge in [0.05, 0.1) is 5.57 Å². The standard InChI is InChI=1S/C29H40N2Si2/c1-23(2)33(24(3)4,25(5)6)21-19-27(18-20-32(9,10)11)28(22-30)15-12-26-13-16-29(17-14-26)31(7)8/h13-14,16-17,23-25H,1-11H3/b28-27-. The smallest absolute Gasteiger partial charge is 0.146 e. The Hall–Kier alpha value is -2.64. The van der Waals surface area contributed by atoms with Crippen LogP contribution in [-0.4, -0.2) is 30.2 Å². The Morgan fingerprint density at radius 2 is 1.24 bits per heavy atom. The first kappa shape index (κ1) is 28.4. The van der Waals surface area contributed by atoms with Gasteiger partial charge >= 0.3 is 0 Å². The summed E-state index contributed by atoms with van der Waals surface area (Å²) in [6.45, 7) is 20.3. The highest BCUT2D eigenvalue weighted by Crippen LogP contribution is 2.40. The van der Waals surface area contributed by atoms with E-state index in [9.17, 15) is 5.26 Å². The van der Waals surface area contributed by atoms with Gasteiger partial charge in [0.2, 0.25) is 0 Å². The van der Waals surface area contributed by atoms with E-state index in [2.05, 4.69) is 102 Å². The Morgan fingerprint density at radius 1 is 0.758 bits per heavy atom. The Labute approximate surface area is 205 Å². The molecular weight excluding hydrogens is 433 g/mol. The van der Waals surface area contributed by atoms with Crippen LogP contribution in [0.2, 0.25) is 36.3 Å². The van der Waals surface area contributed by atoms with Crippen LogP contribution in [0.3, 0.4) is 0 Å². The molecule has 0 radical (unpaired) electrons. The summed E-state index contributed by atoms with van der Waals surface area (Å²) in [4.78, 5) is 2.05. The van der Waals surface area contributed by atoms with E-state index in [4.69, 9.17) is 0 Å². The van der Waals surface area contributed by atoms with Crippen LogP contribution in [0, 0.1) is 46.1 Å². The molecule has 0 aromatic heterocycles. The Kier molecular flexibility index (Phi) is 10.3. The summed E-state index contributed by atoms with van der Waals surface area (Å²) in [6.07, 6.45) is 0. The Morgan fingerprint density at radius 3 is 1.64 bits per heavy atom. The number of benzene rings is 1. The lowest BCUT2D eigenvalue weighted by Gasteiger charge is -2.38. The maximum atomic E-state index is 9.95. The number of anilines is 1. The van der Waals surface area contributed by atoms with Crippen molar-refractivity contribution in [2.24, 2.45) is 0 Å². The minimum Gasteiger partial charge on any atom is -0.378 e. The average Bonchev–Trinajstić information content (AvgIpc) is 2.70. The monoisotopic (exact) mass is 472 g/mol. The van der Waals surface area contributed by atoms with Gasteiger partial charge in [0.1, 0.15) is 27.8 Å². The van der Waals surface area contributed by atoms with E-state index in [0.29, 0.717) is 27.8 Å². The lowest BCUT2D eigenvalue weighted by molar-refractivity contribution is 0.838. The molecule has 1 aromatic rings. The molecule has 1 rings (SSSR count). The van der Waals surface area contributed by atoms with Gasteiger partial charge in [-0.3, -0.25) is 0 Å². The summed E-state index contributed by atoms with van der Waals surface area (Å²) >= 11 is 0. The molecule has 0 bridgehead atoms. The van der Waals surface area contributed by atoms with E-state index in [0.717, 1.165) is 11.3 Å². The molecule has 0 unspecified atom stereocenters. The molecule has 0 amide bonds. The molecule has 0 spiro atoms. The first-order valence-corrected chi connectivity index (χ1v) is 17.5. The van der Waals surface area contributed by atoms with Crippen molar-refractivity contribution in [3.05, 3.63) is 41.0 Å². The fraction of sp³-hybridized carbons (Fsp3) is 0.483. The van der Waals surface area contributed by atoms with E-state index < -0.39 is 16.1 Å². The second-order valence-electron chi connectivity index (χ2n) is 10.7. The predicted octanol–water partition coefficient (Wildman–Crippen LogP) is 7.03. The van der Waals surface area contributed by atoms with Crippen molar-refractivity contribution < 1.29 is 0 Å². The molecule has 0 aliphatic carbocycles. The van der Waals surface area contributed by atoms with E-state index >= 15 is 0 Å². The average molecular weight is 473 g/mol. The highest BCUT2D eigenvalue weighted by Gasteiger charge is 2.41. The molecule has 4 heteroatoms. The molecule has 0 saturated heterocycles. The molecule has 174 valence electrons. The third-order valence-electron chi connectivity index (χ3n) is 5.91. The molecule has 0 N–H and O–H groups in total. The van der Waals surface area contributed by atoms with Crippen molar-refractivity contribution in [1.82, 2.24) is 0 Å². The SMILES string of the molecule is CC(C)[Si](C#C/C(C#C[Si](C)(C)C)=C(\C#N)C#Cc1ccc(N(C)C)cc1)(C(C)C)C(C)C. The molecule has 0 atom stereocenters. The number of nitrogens with zero attached hydrogens (tertiary/aromatic N) is 2. The predicted molar refractivity (Wildman–Crippen MR) is 150 cm³/mol.